The zero-order valence-corrected chi connectivity index (χ0v) is 11.6. The van der Waals surface area contributed by atoms with Gasteiger partial charge >= 0.3 is 0 Å². The lowest BCUT2D eigenvalue weighted by Crippen LogP contribution is -2.62. The molecule has 0 aromatic heterocycles. The van der Waals surface area contributed by atoms with Crippen molar-refractivity contribution in [2.75, 3.05) is 0 Å². The second-order valence-electron chi connectivity index (χ2n) is 5.77. The van der Waals surface area contributed by atoms with E-state index in [4.69, 9.17) is 0 Å². The number of fused-ring (bicyclic) bond motifs is 1. The monoisotopic (exact) mass is 264 g/mol. The van der Waals surface area contributed by atoms with E-state index in [1.807, 2.05) is 31.2 Å². The van der Waals surface area contributed by atoms with Crippen molar-refractivity contribution in [2.45, 2.75) is 54.8 Å². The zero-order chi connectivity index (χ0) is 12.8. The minimum Gasteiger partial charge on any atom is -0.388 e. The second-order valence-corrected chi connectivity index (χ2v) is 7.40. The highest BCUT2D eigenvalue weighted by Gasteiger charge is 2.57. The minimum absolute atomic E-state index is 0.0505. The van der Waals surface area contributed by atoms with Crippen LogP contribution >= 0.6 is 0 Å². The molecular weight excluding hydrogens is 244 g/mol. The fourth-order valence-corrected chi connectivity index (χ4v) is 5.23. The molecule has 2 aliphatic carbocycles. The molecule has 2 nitrogen and oxygen atoms in total. The summed E-state index contributed by atoms with van der Waals surface area (Å²) in [5.74, 6) is 0.394. The van der Waals surface area contributed by atoms with Crippen LogP contribution in [0.2, 0.25) is 0 Å². The minimum atomic E-state index is -1.06. The first-order valence-electron chi connectivity index (χ1n) is 6.81. The van der Waals surface area contributed by atoms with Crippen molar-refractivity contribution in [2.24, 2.45) is 5.92 Å². The lowest BCUT2D eigenvalue weighted by molar-refractivity contribution is -0.113. The largest absolute Gasteiger partial charge is 0.388 e. The van der Waals surface area contributed by atoms with Crippen LogP contribution in [0.4, 0.5) is 0 Å². The number of aryl methyl sites for hydroxylation is 1. The quantitative estimate of drug-likeness (QED) is 0.892. The third kappa shape index (κ3) is 1.84. The Labute approximate surface area is 111 Å². The van der Waals surface area contributed by atoms with Crippen LogP contribution in [-0.2, 0) is 10.8 Å². The van der Waals surface area contributed by atoms with Gasteiger partial charge < -0.3 is 5.11 Å². The van der Waals surface area contributed by atoms with Gasteiger partial charge in [-0.25, -0.2) is 0 Å². The van der Waals surface area contributed by atoms with Gasteiger partial charge in [-0.05, 0) is 44.2 Å². The molecule has 0 saturated heterocycles. The average Bonchev–Trinajstić information content (AvgIpc) is 2.35. The van der Waals surface area contributed by atoms with Crippen molar-refractivity contribution in [3.63, 3.8) is 0 Å². The van der Waals surface area contributed by atoms with Crippen LogP contribution in [-0.4, -0.2) is 20.2 Å². The van der Waals surface area contributed by atoms with Crippen molar-refractivity contribution in [3.8, 4) is 0 Å². The van der Waals surface area contributed by atoms with E-state index in [0.29, 0.717) is 5.92 Å². The lowest BCUT2D eigenvalue weighted by Gasteiger charge is -2.54. The summed E-state index contributed by atoms with van der Waals surface area (Å²) in [6, 6.07) is 7.86. The molecule has 4 atom stereocenters. The van der Waals surface area contributed by atoms with Crippen molar-refractivity contribution < 1.29 is 9.32 Å². The highest BCUT2D eigenvalue weighted by atomic mass is 32.2. The fourth-order valence-electron chi connectivity index (χ4n) is 3.41. The van der Waals surface area contributed by atoms with Gasteiger partial charge in [-0.2, -0.15) is 0 Å². The zero-order valence-electron chi connectivity index (χ0n) is 10.8. The summed E-state index contributed by atoms with van der Waals surface area (Å²) in [6.07, 6.45) is 5.17. The number of benzene rings is 1. The van der Waals surface area contributed by atoms with Gasteiger partial charge in [0.15, 0.2) is 0 Å². The Balaban J connectivity index is 1.80. The molecule has 2 saturated carbocycles. The first-order chi connectivity index (χ1) is 8.61. The molecule has 3 heteroatoms. The molecule has 0 heterocycles. The van der Waals surface area contributed by atoms with Crippen LogP contribution in [0.1, 0.15) is 37.7 Å². The number of hydrogen-bond acceptors (Lipinski definition) is 2. The third-order valence-corrected chi connectivity index (χ3v) is 6.51. The molecule has 98 valence electrons. The van der Waals surface area contributed by atoms with E-state index in [2.05, 4.69) is 0 Å². The summed E-state index contributed by atoms with van der Waals surface area (Å²) in [5.41, 5.74) is 0.534. The molecule has 0 amide bonds. The number of rotatable bonds is 2. The molecule has 0 unspecified atom stereocenters. The molecule has 2 fully saturated rings. The molecule has 0 aliphatic heterocycles. The Hall–Kier alpha value is -0.670. The molecule has 18 heavy (non-hydrogen) atoms. The highest BCUT2D eigenvalue weighted by Crippen LogP contribution is 2.51. The van der Waals surface area contributed by atoms with Crippen molar-refractivity contribution >= 4 is 10.8 Å². The normalized spacial score (nSPS) is 36.6. The van der Waals surface area contributed by atoms with Gasteiger partial charge in [0, 0.05) is 4.90 Å². The van der Waals surface area contributed by atoms with Gasteiger partial charge in [0.2, 0.25) is 0 Å². The molecule has 2 aliphatic rings. The first-order valence-corrected chi connectivity index (χ1v) is 8.02. The maximum atomic E-state index is 12.5. The summed E-state index contributed by atoms with van der Waals surface area (Å²) >= 11 is 0. The molecular formula is C15H20O2S. The molecule has 1 N–H and O–H groups in total. The van der Waals surface area contributed by atoms with Crippen LogP contribution in [0.3, 0.4) is 0 Å². The van der Waals surface area contributed by atoms with Crippen molar-refractivity contribution in [3.05, 3.63) is 29.8 Å². The first kappa shape index (κ1) is 12.4. The fraction of sp³-hybridized carbons (Fsp3) is 0.600. The maximum Gasteiger partial charge on any atom is 0.0822 e. The maximum absolute atomic E-state index is 12.5. The Kier molecular flexibility index (Phi) is 3.07. The number of aliphatic hydroxyl groups is 1. The standard InChI is InChI=1S/C15H20O2S/c1-11-5-7-13(8-6-11)18(17)14-10-12-4-2-3-9-15(12,14)16/h5-8,12,14,16H,2-4,9-10H2,1H3/t12-,14-,15+,18-/m0/s1. The molecule has 0 radical (unpaired) electrons. The van der Waals surface area contributed by atoms with Crippen LogP contribution in [0.5, 0.6) is 0 Å². The van der Waals surface area contributed by atoms with Crippen LogP contribution in [0, 0.1) is 12.8 Å². The van der Waals surface area contributed by atoms with Gasteiger partial charge in [-0.15, -0.1) is 0 Å². The van der Waals surface area contributed by atoms with E-state index < -0.39 is 16.4 Å². The summed E-state index contributed by atoms with van der Waals surface area (Å²) in [5, 5.41) is 10.6. The molecule has 0 spiro atoms. The predicted octanol–water partition coefficient (Wildman–Crippen LogP) is 2.80. The van der Waals surface area contributed by atoms with E-state index in [9.17, 15) is 9.32 Å². The molecule has 1 aromatic carbocycles. The topological polar surface area (TPSA) is 37.3 Å². The van der Waals surface area contributed by atoms with E-state index in [1.54, 1.807) is 0 Å². The van der Waals surface area contributed by atoms with Gasteiger partial charge in [0.1, 0.15) is 0 Å². The summed E-state index contributed by atoms with van der Waals surface area (Å²) in [6.45, 7) is 2.03. The Morgan fingerprint density at radius 1 is 1.28 bits per heavy atom. The van der Waals surface area contributed by atoms with Crippen LogP contribution < -0.4 is 0 Å². The van der Waals surface area contributed by atoms with Crippen LogP contribution in [0.25, 0.3) is 0 Å². The van der Waals surface area contributed by atoms with Crippen molar-refractivity contribution in [1.29, 1.82) is 0 Å². The van der Waals surface area contributed by atoms with E-state index in [1.165, 1.54) is 12.0 Å². The van der Waals surface area contributed by atoms with E-state index in [-0.39, 0.29) is 5.25 Å². The molecule has 3 rings (SSSR count). The SMILES string of the molecule is Cc1ccc([S@](=O)[C@H]2C[C@@H]3CCCC[C@@]32O)cc1. The Bertz CT molecular complexity index is 468. The Morgan fingerprint density at radius 2 is 2.00 bits per heavy atom. The van der Waals surface area contributed by atoms with E-state index in [0.717, 1.165) is 30.6 Å². The third-order valence-electron chi connectivity index (χ3n) is 4.65. The summed E-state index contributed by atoms with van der Waals surface area (Å²) in [4.78, 5) is 0.864. The Morgan fingerprint density at radius 3 is 2.67 bits per heavy atom. The van der Waals surface area contributed by atoms with Gasteiger partial charge in [-0.3, -0.25) is 4.21 Å². The lowest BCUT2D eigenvalue weighted by atomic mass is 9.61. The van der Waals surface area contributed by atoms with E-state index >= 15 is 0 Å². The number of hydrogen-bond donors (Lipinski definition) is 1. The smallest absolute Gasteiger partial charge is 0.0822 e. The van der Waals surface area contributed by atoms with Gasteiger partial charge in [0.05, 0.1) is 21.7 Å². The van der Waals surface area contributed by atoms with Crippen LogP contribution in [0.15, 0.2) is 29.2 Å². The predicted molar refractivity (Wildman–Crippen MR) is 72.9 cm³/mol. The second kappa shape index (κ2) is 4.46. The summed E-state index contributed by atoms with van der Waals surface area (Å²) < 4.78 is 12.5. The molecule has 0 bridgehead atoms. The van der Waals surface area contributed by atoms with Gasteiger partial charge in [0.25, 0.3) is 0 Å². The highest BCUT2D eigenvalue weighted by molar-refractivity contribution is 7.85. The summed E-state index contributed by atoms with van der Waals surface area (Å²) in [7, 11) is -1.06. The van der Waals surface area contributed by atoms with Gasteiger partial charge in [-0.1, -0.05) is 30.5 Å². The van der Waals surface area contributed by atoms with Crippen molar-refractivity contribution in [1.82, 2.24) is 0 Å². The molecule has 1 aromatic rings. The average molecular weight is 264 g/mol.